The first-order chi connectivity index (χ1) is 10.2. The summed E-state index contributed by atoms with van der Waals surface area (Å²) >= 11 is 0. The van der Waals surface area contributed by atoms with Crippen LogP contribution in [0.2, 0.25) is 0 Å². The third-order valence-corrected chi connectivity index (χ3v) is 3.57. The van der Waals surface area contributed by atoms with Gasteiger partial charge in [-0.3, -0.25) is 0 Å². The maximum atomic E-state index is 5.40. The van der Waals surface area contributed by atoms with Gasteiger partial charge in [-0.1, -0.05) is 19.1 Å². The van der Waals surface area contributed by atoms with Crippen LogP contribution in [0.15, 0.2) is 24.3 Å². The van der Waals surface area contributed by atoms with Crippen molar-refractivity contribution in [2.24, 2.45) is 0 Å². The van der Waals surface area contributed by atoms with Gasteiger partial charge in [0.05, 0.1) is 12.7 Å². The zero-order valence-corrected chi connectivity index (χ0v) is 13.2. The second-order valence-electron chi connectivity index (χ2n) is 5.00. The lowest BCUT2D eigenvalue weighted by molar-refractivity contribution is 0.416. The van der Waals surface area contributed by atoms with Crippen LogP contribution in [0.1, 0.15) is 23.9 Å². The highest BCUT2D eigenvalue weighted by molar-refractivity contribution is 5.64. The summed E-state index contributed by atoms with van der Waals surface area (Å²) in [5.74, 6) is 1.53. The molecule has 112 valence electrons. The molecule has 0 saturated heterocycles. The highest BCUT2D eigenvalue weighted by atomic mass is 16.5. The van der Waals surface area contributed by atoms with Crippen molar-refractivity contribution < 1.29 is 4.74 Å². The van der Waals surface area contributed by atoms with Crippen molar-refractivity contribution in [2.75, 3.05) is 20.2 Å². The number of para-hydroxylation sites is 1. The number of methoxy groups -OCH3 is 1. The molecule has 4 heteroatoms. The molecule has 21 heavy (non-hydrogen) atoms. The van der Waals surface area contributed by atoms with Gasteiger partial charge in [-0.2, -0.15) is 0 Å². The highest BCUT2D eigenvalue weighted by Crippen LogP contribution is 2.28. The summed E-state index contributed by atoms with van der Waals surface area (Å²) in [4.78, 5) is 9.35. The van der Waals surface area contributed by atoms with Crippen molar-refractivity contribution in [1.29, 1.82) is 0 Å². The zero-order valence-electron chi connectivity index (χ0n) is 13.2. The molecule has 4 nitrogen and oxygen atoms in total. The molecule has 0 spiro atoms. The van der Waals surface area contributed by atoms with Crippen LogP contribution in [0.5, 0.6) is 5.75 Å². The van der Waals surface area contributed by atoms with Gasteiger partial charge in [-0.25, -0.2) is 9.97 Å². The second-order valence-corrected chi connectivity index (χ2v) is 5.00. The van der Waals surface area contributed by atoms with E-state index in [-0.39, 0.29) is 0 Å². The van der Waals surface area contributed by atoms with Crippen molar-refractivity contribution in [3.8, 4) is 17.1 Å². The fraction of sp³-hybridized carbons (Fsp3) is 0.412. The molecule has 0 aliphatic carbocycles. The van der Waals surface area contributed by atoms with E-state index in [1.54, 1.807) is 7.11 Å². The summed E-state index contributed by atoms with van der Waals surface area (Å²) in [6.07, 6.45) is 0.956. The van der Waals surface area contributed by atoms with E-state index in [4.69, 9.17) is 4.74 Å². The SMILES string of the molecule is CCNCCc1c(C)nc(-c2ccccc2OC)nc1C. The van der Waals surface area contributed by atoms with E-state index >= 15 is 0 Å². The predicted octanol–water partition coefficient (Wildman–Crippen LogP) is 2.92. The Balaban J connectivity index is 2.35. The van der Waals surface area contributed by atoms with Crippen LogP contribution >= 0.6 is 0 Å². The van der Waals surface area contributed by atoms with Gasteiger partial charge in [0.1, 0.15) is 5.75 Å². The van der Waals surface area contributed by atoms with E-state index in [0.29, 0.717) is 0 Å². The standard InChI is InChI=1S/C17H23N3O/c1-5-18-11-10-14-12(2)19-17(20-13(14)3)15-8-6-7-9-16(15)21-4/h6-9,18H,5,10-11H2,1-4H3. The number of ether oxygens (including phenoxy) is 1. The Hall–Kier alpha value is -1.94. The minimum atomic E-state index is 0.731. The summed E-state index contributed by atoms with van der Waals surface area (Å²) in [7, 11) is 1.67. The fourth-order valence-corrected chi connectivity index (χ4v) is 2.44. The molecule has 2 aromatic rings. The molecular formula is C17H23N3O. The molecule has 0 amide bonds. The van der Waals surface area contributed by atoms with Gasteiger partial charge in [-0.05, 0) is 51.1 Å². The van der Waals surface area contributed by atoms with E-state index in [1.165, 1.54) is 5.56 Å². The maximum Gasteiger partial charge on any atom is 0.163 e. The quantitative estimate of drug-likeness (QED) is 0.829. The summed E-state index contributed by atoms with van der Waals surface area (Å²) in [6.45, 7) is 8.15. The van der Waals surface area contributed by atoms with E-state index < -0.39 is 0 Å². The van der Waals surface area contributed by atoms with Crippen molar-refractivity contribution in [3.63, 3.8) is 0 Å². The van der Waals surface area contributed by atoms with Crippen LogP contribution in [-0.2, 0) is 6.42 Å². The third kappa shape index (κ3) is 3.58. The monoisotopic (exact) mass is 285 g/mol. The van der Waals surface area contributed by atoms with Gasteiger partial charge in [0, 0.05) is 11.4 Å². The van der Waals surface area contributed by atoms with Gasteiger partial charge >= 0.3 is 0 Å². The number of hydrogen-bond donors (Lipinski definition) is 1. The molecule has 1 N–H and O–H groups in total. The van der Waals surface area contributed by atoms with Crippen molar-refractivity contribution in [1.82, 2.24) is 15.3 Å². The van der Waals surface area contributed by atoms with E-state index in [0.717, 1.165) is 48.0 Å². The van der Waals surface area contributed by atoms with Crippen molar-refractivity contribution in [3.05, 3.63) is 41.2 Å². The molecule has 0 bridgehead atoms. The first-order valence-electron chi connectivity index (χ1n) is 7.35. The average molecular weight is 285 g/mol. The largest absolute Gasteiger partial charge is 0.496 e. The number of likely N-dealkylation sites (N-methyl/N-ethyl adjacent to an activating group) is 1. The molecule has 0 aliphatic rings. The first kappa shape index (κ1) is 15.4. The molecule has 0 atom stereocenters. The van der Waals surface area contributed by atoms with Crippen LogP contribution in [0.3, 0.4) is 0 Å². The predicted molar refractivity (Wildman–Crippen MR) is 85.7 cm³/mol. The summed E-state index contributed by atoms with van der Waals surface area (Å²) in [6, 6.07) is 7.85. The number of nitrogens with one attached hydrogen (secondary N) is 1. The molecule has 0 unspecified atom stereocenters. The summed E-state index contributed by atoms with van der Waals surface area (Å²) in [5.41, 5.74) is 4.25. The van der Waals surface area contributed by atoms with Crippen LogP contribution < -0.4 is 10.1 Å². The fourth-order valence-electron chi connectivity index (χ4n) is 2.44. The normalized spacial score (nSPS) is 10.7. The Morgan fingerprint density at radius 1 is 1.10 bits per heavy atom. The van der Waals surface area contributed by atoms with Crippen molar-refractivity contribution >= 4 is 0 Å². The van der Waals surface area contributed by atoms with E-state index in [9.17, 15) is 0 Å². The number of hydrogen-bond acceptors (Lipinski definition) is 4. The first-order valence-corrected chi connectivity index (χ1v) is 7.35. The second kappa shape index (κ2) is 7.18. The Labute approximate surface area is 126 Å². The number of nitrogens with zero attached hydrogens (tertiary/aromatic N) is 2. The van der Waals surface area contributed by atoms with Crippen LogP contribution in [-0.4, -0.2) is 30.2 Å². The zero-order chi connectivity index (χ0) is 15.2. The molecule has 0 radical (unpaired) electrons. The van der Waals surface area contributed by atoms with Crippen LogP contribution in [0.25, 0.3) is 11.4 Å². The summed E-state index contributed by atoms with van der Waals surface area (Å²) < 4.78 is 5.40. The van der Waals surface area contributed by atoms with Crippen LogP contribution in [0.4, 0.5) is 0 Å². The van der Waals surface area contributed by atoms with Gasteiger partial charge < -0.3 is 10.1 Å². The van der Waals surface area contributed by atoms with Gasteiger partial charge in [0.2, 0.25) is 0 Å². The Bertz CT molecular complexity index is 588. The molecule has 0 aliphatic heterocycles. The smallest absolute Gasteiger partial charge is 0.163 e. The lowest BCUT2D eigenvalue weighted by Gasteiger charge is -2.13. The number of rotatable bonds is 6. The molecule has 2 rings (SSSR count). The van der Waals surface area contributed by atoms with Gasteiger partial charge in [0.25, 0.3) is 0 Å². The Morgan fingerprint density at radius 2 is 1.76 bits per heavy atom. The van der Waals surface area contributed by atoms with E-state index in [2.05, 4.69) is 36.1 Å². The number of aromatic nitrogens is 2. The molecule has 1 aromatic heterocycles. The highest BCUT2D eigenvalue weighted by Gasteiger charge is 2.12. The third-order valence-electron chi connectivity index (χ3n) is 3.57. The lowest BCUT2D eigenvalue weighted by Crippen LogP contribution is -2.17. The summed E-state index contributed by atoms with van der Waals surface area (Å²) in [5, 5.41) is 3.34. The Kier molecular flexibility index (Phi) is 5.28. The minimum absolute atomic E-state index is 0.731. The van der Waals surface area contributed by atoms with Crippen LogP contribution in [0, 0.1) is 13.8 Å². The lowest BCUT2D eigenvalue weighted by atomic mass is 10.1. The molecular weight excluding hydrogens is 262 g/mol. The number of benzene rings is 1. The molecule has 1 heterocycles. The van der Waals surface area contributed by atoms with E-state index in [1.807, 2.05) is 24.3 Å². The topological polar surface area (TPSA) is 47.0 Å². The molecule has 0 fully saturated rings. The van der Waals surface area contributed by atoms with Crippen molar-refractivity contribution in [2.45, 2.75) is 27.2 Å². The minimum Gasteiger partial charge on any atom is -0.496 e. The number of aryl methyl sites for hydroxylation is 2. The molecule has 0 saturated carbocycles. The van der Waals surface area contributed by atoms with Gasteiger partial charge in [-0.15, -0.1) is 0 Å². The Morgan fingerprint density at radius 3 is 2.38 bits per heavy atom. The average Bonchev–Trinajstić information content (AvgIpc) is 2.49. The van der Waals surface area contributed by atoms with Gasteiger partial charge in [0.15, 0.2) is 5.82 Å². The maximum absolute atomic E-state index is 5.40. The molecule has 1 aromatic carbocycles.